The van der Waals surface area contributed by atoms with Gasteiger partial charge in [-0.15, -0.1) is 0 Å². The number of carbonyl (C=O) groups is 2. The maximum Gasteiger partial charge on any atom is 0.341 e. The van der Waals surface area contributed by atoms with E-state index in [1.54, 1.807) is 6.07 Å². The molecule has 0 amide bonds. The van der Waals surface area contributed by atoms with Crippen LogP contribution in [0.15, 0.2) is 24.3 Å². The zero-order valence-electron chi connectivity index (χ0n) is 9.47. The van der Waals surface area contributed by atoms with Crippen molar-refractivity contribution in [3.05, 3.63) is 35.4 Å². The smallest absolute Gasteiger partial charge is 0.341 e. The Kier molecular flexibility index (Phi) is 4.28. The van der Waals surface area contributed by atoms with E-state index in [0.717, 1.165) is 0 Å². The molecule has 5 heteroatoms. The predicted molar refractivity (Wildman–Crippen MR) is 60.5 cm³/mol. The molecule has 0 unspecified atom stereocenters. The molecule has 0 atom stereocenters. The SMILES string of the molecule is COC(=O)C=Cc1ccc(C(=O)OC)c(O)c1. The highest BCUT2D eigenvalue weighted by atomic mass is 16.5. The van der Waals surface area contributed by atoms with Crippen molar-refractivity contribution >= 4 is 18.0 Å². The van der Waals surface area contributed by atoms with Gasteiger partial charge in [-0.2, -0.15) is 0 Å². The molecule has 0 aliphatic rings. The summed E-state index contributed by atoms with van der Waals surface area (Å²) in [6.07, 6.45) is 2.68. The first kappa shape index (κ1) is 12.8. The number of esters is 2. The Balaban J connectivity index is 2.93. The fourth-order valence-corrected chi connectivity index (χ4v) is 1.17. The van der Waals surface area contributed by atoms with Crippen molar-refractivity contribution in [2.45, 2.75) is 0 Å². The number of benzene rings is 1. The number of carbonyl (C=O) groups excluding carboxylic acids is 2. The van der Waals surface area contributed by atoms with E-state index in [-0.39, 0.29) is 11.3 Å². The maximum absolute atomic E-state index is 11.2. The minimum absolute atomic E-state index is 0.0720. The molecule has 0 heterocycles. The van der Waals surface area contributed by atoms with Crippen LogP contribution in [0.25, 0.3) is 6.08 Å². The Hall–Kier alpha value is -2.30. The zero-order valence-corrected chi connectivity index (χ0v) is 9.47. The van der Waals surface area contributed by atoms with Crippen LogP contribution < -0.4 is 0 Å². The lowest BCUT2D eigenvalue weighted by Crippen LogP contribution is -2.01. The number of ether oxygens (including phenoxy) is 2. The molecule has 1 aromatic carbocycles. The molecule has 0 fully saturated rings. The van der Waals surface area contributed by atoms with E-state index in [0.29, 0.717) is 5.56 Å². The molecule has 1 rings (SSSR count). The summed E-state index contributed by atoms with van der Waals surface area (Å²) >= 11 is 0. The summed E-state index contributed by atoms with van der Waals surface area (Å²) in [4.78, 5) is 22.0. The number of hydrogen-bond acceptors (Lipinski definition) is 5. The largest absolute Gasteiger partial charge is 0.507 e. The second-order valence-electron chi connectivity index (χ2n) is 3.12. The highest BCUT2D eigenvalue weighted by molar-refractivity contribution is 5.93. The van der Waals surface area contributed by atoms with Crippen molar-refractivity contribution in [1.29, 1.82) is 0 Å². The molecule has 0 aromatic heterocycles. The van der Waals surface area contributed by atoms with Gasteiger partial charge < -0.3 is 14.6 Å². The highest BCUT2D eigenvalue weighted by Crippen LogP contribution is 2.20. The standard InChI is InChI=1S/C12H12O5/c1-16-11(14)6-4-8-3-5-9(10(13)7-8)12(15)17-2/h3-7,13H,1-2H3. The molecule has 0 spiro atoms. The Labute approximate surface area is 98.3 Å². The first-order chi connectivity index (χ1) is 8.08. The highest BCUT2D eigenvalue weighted by Gasteiger charge is 2.10. The average molecular weight is 236 g/mol. The number of phenolic OH excluding ortho intramolecular Hbond substituents is 1. The van der Waals surface area contributed by atoms with Crippen molar-refractivity contribution in [3.63, 3.8) is 0 Å². The first-order valence-electron chi connectivity index (χ1n) is 4.76. The van der Waals surface area contributed by atoms with Crippen molar-refractivity contribution in [2.75, 3.05) is 14.2 Å². The van der Waals surface area contributed by atoms with E-state index in [2.05, 4.69) is 9.47 Å². The van der Waals surface area contributed by atoms with Gasteiger partial charge >= 0.3 is 11.9 Å². The average Bonchev–Trinajstić information content (AvgIpc) is 2.35. The lowest BCUT2D eigenvalue weighted by molar-refractivity contribution is -0.134. The number of phenols is 1. The predicted octanol–water partition coefficient (Wildman–Crippen LogP) is 1.36. The third kappa shape index (κ3) is 3.34. The summed E-state index contributed by atoms with van der Waals surface area (Å²) in [5.74, 6) is -1.32. The van der Waals surface area contributed by atoms with E-state index in [4.69, 9.17) is 0 Å². The molecule has 1 N–H and O–H groups in total. The first-order valence-corrected chi connectivity index (χ1v) is 4.76. The fraction of sp³-hybridized carbons (Fsp3) is 0.167. The monoisotopic (exact) mass is 236 g/mol. The van der Waals surface area contributed by atoms with Crippen molar-refractivity contribution in [3.8, 4) is 5.75 Å². The maximum atomic E-state index is 11.2. The molecule has 0 bridgehead atoms. The van der Waals surface area contributed by atoms with Crippen LogP contribution in [0.2, 0.25) is 0 Å². The van der Waals surface area contributed by atoms with Crippen LogP contribution in [0.3, 0.4) is 0 Å². The summed E-state index contributed by atoms with van der Waals surface area (Å²) < 4.78 is 8.90. The van der Waals surface area contributed by atoms with E-state index >= 15 is 0 Å². The van der Waals surface area contributed by atoms with Gasteiger partial charge in [-0.1, -0.05) is 6.07 Å². The molecule has 0 saturated carbocycles. The van der Waals surface area contributed by atoms with E-state index in [1.807, 2.05) is 0 Å². The van der Waals surface area contributed by atoms with Gasteiger partial charge in [0.2, 0.25) is 0 Å². The lowest BCUT2D eigenvalue weighted by Gasteiger charge is -2.03. The fourth-order valence-electron chi connectivity index (χ4n) is 1.17. The summed E-state index contributed by atoms with van der Waals surface area (Å²) in [7, 11) is 2.50. The summed E-state index contributed by atoms with van der Waals surface area (Å²) in [5.41, 5.74) is 0.642. The topological polar surface area (TPSA) is 72.8 Å². The molecule has 0 aliphatic carbocycles. The van der Waals surface area contributed by atoms with E-state index in [1.165, 1.54) is 38.5 Å². The molecule has 0 radical (unpaired) electrons. The van der Waals surface area contributed by atoms with E-state index < -0.39 is 11.9 Å². The van der Waals surface area contributed by atoms with Crippen molar-refractivity contribution in [1.82, 2.24) is 0 Å². The quantitative estimate of drug-likeness (QED) is 0.633. The minimum atomic E-state index is -0.619. The van der Waals surface area contributed by atoms with Gasteiger partial charge in [0, 0.05) is 6.08 Å². The van der Waals surface area contributed by atoms with Crippen molar-refractivity contribution in [2.24, 2.45) is 0 Å². The molecule has 5 nitrogen and oxygen atoms in total. The number of hydrogen-bond donors (Lipinski definition) is 1. The normalized spacial score (nSPS) is 10.2. The summed E-state index contributed by atoms with van der Waals surface area (Å²) in [6, 6.07) is 4.34. The van der Waals surface area contributed by atoms with Gasteiger partial charge in [0.1, 0.15) is 11.3 Å². The number of aromatic hydroxyl groups is 1. The van der Waals surface area contributed by atoms with Crippen LogP contribution in [0, 0.1) is 0 Å². The van der Waals surface area contributed by atoms with Crippen LogP contribution in [0.4, 0.5) is 0 Å². The molecular formula is C12H12O5. The Bertz CT molecular complexity index is 462. The Morgan fingerprint density at radius 1 is 1.24 bits per heavy atom. The van der Waals surface area contributed by atoms with Gasteiger partial charge in [0.05, 0.1) is 14.2 Å². The summed E-state index contributed by atoms with van der Waals surface area (Å²) in [6.45, 7) is 0. The lowest BCUT2D eigenvalue weighted by atomic mass is 10.1. The van der Waals surface area contributed by atoms with Gasteiger partial charge in [-0.25, -0.2) is 9.59 Å². The number of rotatable bonds is 3. The summed E-state index contributed by atoms with van der Waals surface area (Å²) in [5, 5.41) is 9.56. The van der Waals surface area contributed by atoms with Gasteiger partial charge in [0.15, 0.2) is 0 Å². The molecule has 0 aliphatic heterocycles. The van der Waals surface area contributed by atoms with Crippen LogP contribution >= 0.6 is 0 Å². The Morgan fingerprint density at radius 2 is 1.94 bits per heavy atom. The Morgan fingerprint density at radius 3 is 2.47 bits per heavy atom. The van der Waals surface area contributed by atoms with Gasteiger partial charge in [-0.05, 0) is 23.8 Å². The minimum Gasteiger partial charge on any atom is -0.507 e. The third-order valence-electron chi connectivity index (χ3n) is 2.04. The molecule has 90 valence electrons. The van der Waals surface area contributed by atoms with Crippen LogP contribution in [0.1, 0.15) is 15.9 Å². The molecule has 0 saturated heterocycles. The van der Waals surface area contributed by atoms with Gasteiger partial charge in [-0.3, -0.25) is 0 Å². The third-order valence-corrected chi connectivity index (χ3v) is 2.04. The van der Waals surface area contributed by atoms with Crippen LogP contribution in [-0.2, 0) is 14.3 Å². The van der Waals surface area contributed by atoms with Gasteiger partial charge in [0.25, 0.3) is 0 Å². The molecular weight excluding hydrogens is 224 g/mol. The second-order valence-corrected chi connectivity index (χ2v) is 3.12. The number of methoxy groups -OCH3 is 2. The second kappa shape index (κ2) is 5.69. The molecule has 1 aromatic rings. The van der Waals surface area contributed by atoms with Crippen LogP contribution in [0.5, 0.6) is 5.75 Å². The van der Waals surface area contributed by atoms with E-state index in [9.17, 15) is 14.7 Å². The van der Waals surface area contributed by atoms with Crippen LogP contribution in [-0.4, -0.2) is 31.3 Å². The molecule has 17 heavy (non-hydrogen) atoms. The van der Waals surface area contributed by atoms with Crippen molar-refractivity contribution < 1.29 is 24.2 Å². The zero-order chi connectivity index (χ0) is 12.8.